The van der Waals surface area contributed by atoms with Gasteiger partial charge in [-0.3, -0.25) is 0 Å². The van der Waals surface area contributed by atoms with E-state index < -0.39 is 11.7 Å². The summed E-state index contributed by atoms with van der Waals surface area (Å²) >= 11 is 0. The fourth-order valence-corrected chi connectivity index (χ4v) is 4.86. The Hall–Kier alpha value is -2.28. The summed E-state index contributed by atoms with van der Waals surface area (Å²) in [6.07, 6.45) is 4.07. The topological polar surface area (TPSA) is 47.6 Å². The maximum Gasteiger partial charge on any atom is 0.416 e. The van der Waals surface area contributed by atoms with Gasteiger partial charge in [0.15, 0.2) is 0 Å². The van der Waals surface area contributed by atoms with Crippen LogP contribution in [0.2, 0.25) is 0 Å². The largest absolute Gasteiger partial charge is 0.500 e. The number of methoxy groups -OCH3 is 2. The molecule has 1 aliphatic carbocycles. The highest BCUT2D eigenvalue weighted by atomic mass is 19.4. The molecule has 1 aromatic rings. The van der Waals surface area contributed by atoms with Crippen LogP contribution in [-0.4, -0.2) is 33.6 Å². The zero-order valence-electron chi connectivity index (χ0n) is 20.0. The maximum atomic E-state index is 12.9. The van der Waals surface area contributed by atoms with Gasteiger partial charge in [0.05, 0.1) is 19.8 Å². The van der Waals surface area contributed by atoms with Crippen LogP contribution >= 0.6 is 0 Å². The zero-order chi connectivity index (χ0) is 24.5. The molecule has 0 spiro atoms. The number of aryl methyl sites for hydroxylation is 1. The molecule has 0 saturated carbocycles. The van der Waals surface area contributed by atoms with Crippen molar-refractivity contribution in [3.63, 3.8) is 0 Å². The summed E-state index contributed by atoms with van der Waals surface area (Å²) in [5.41, 5.74) is -0.200. The normalized spacial score (nSPS) is 20.9. The Morgan fingerprint density at radius 2 is 1.88 bits per heavy atom. The second-order valence-corrected chi connectivity index (χ2v) is 8.85. The first kappa shape index (κ1) is 27.0. The fraction of sp³-hybridized carbons (Fsp3) is 0.577. The van der Waals surface area contributed by atoms with Gasteiger partial charge in [0.1, 0.15) is 17.8 Å². The predicted molar refractivity (Wildman–Crippen MR) is 123 cm³/mol. The Bertz CT molecular complexity index is 832. The molecule has 0 aliphatic heterocycles. The molecule has 1 aromatic carbocycles. The van der Waals surface area contributed by atoms with Crippen LogP contribution in [-0.2, 0) is 26.9 Å². The summed E-state index contributed by atoms with van der Waals surface area (Å²) in [5, 5.41) is 3.40. The minimum atomic E-state index is -4.31. The van der Waals surface area contributed by atoms with Gasteiger partial charge >= 0.3 is 6.18 Å². The minimum Gasteiger partial charge on any atom is -0.500 e. The highest BCUT2D eigenvalue weighted by Crippen LogP contribution is 2.51. The van der Waals surface area contributed by atoms with Crippen molar-refractivity contribution in [2.45, 2.75) is 52.1 Å². The molecule has 0 aromatic heterocycles. The lowest BCUT2D eigenvalue weighted by atomic mass is 9.61. The molecule has 2 unspecified atom stereocenters. The van der Waals surface area contributed by atoms with E-state index in [0.29, 0.717) is 24.2 Å². The van der Waals surface area contributed by atoms with E-state index in [2.05, 4.69) is 19.2 Å². The van der Waals surface area contributed by atoms with Crippen molar-refractivity contribution in [3.8, 4) is 0 Å². The minimum absolute atomic E-state index is 0.00851. The standard InChI is InChI=1S/C26H36F3NO3/c1-19(2)25(21(11-15-31)17-23(32-3)18-24(25)33-4)12-7-14-30-13-6-9-20-8-5-10-22(16-20)26(27,28)29/h5,8,10,15-19,21,30H,6-7,9,11-14H2,1-4H3. The fourth-order valence-electron chi connectivity index (χ4n) is 4.86. The summed E-state index contributed by atoms with van der Waals surface area (Å²) < 4.78 is 49.8. The summed E-state index contributed by atoms with van der Waals surface area (Å²) in [6.45, 7) is 5.81. The first-order valence-corrected chi connectivity index (χ1v) is 11.5. The van der Waals surface area contributed by atoms with E-state index in [1.54, 1.807) is 20.3 Å². The van der Waals surface area contributed by atoms with Crippen molar-refractivity contribution in [1.82, 2.24) is 5.32 Å². The van der Waals surface area contributed by atoms with Crippen molar-refractivity contribution in [1.29, 1.82) is 0 Å². The highest BCUT2D eigenvalue weighted by Gasteiger charge is 2.46. The Labute approximate surface area is 195 Å². The molecular weight excluding hydrogens is 431 g/mol. The number of rotatable bonds is 13. The average Bonchev–Trinajstić information content (AvgIpc) is 2.78. The second-order valence-electron chi connectivity index (χ2n) is 8.85. The van der Waals surface area contributed by atoms with E-state index in [1.165, 1.54) is 12.1 Å². The SMILES string of the molecule is COC1=CC(CC=O)C(CCCNCCCc2cccc(C(F)(F)F)c2)(C(C)C)C(OC)=C1. The predicted octanol–water partition coefficient (Wildman–Crippen LogP) is 5.93. The smallest absolute Gasteiger partial charge is 0.416 e. The summed E-state index contributed by atoms with van der Waals surface area (Å²) in [5.74, 6) is 1.80. The van der Waals surface area contributed by atoms with E-state index in [4.69, 9.17) is 9.47 Å². The van der Waals surface area contributed by atoms with Crippen molar-refractivity contribution in [2.24, 2.45) is 17.3 Å². The van der Waals surface area contributed by atoms with Gasteiger partial charge in [0.2, 0.25) is 0 Å². The molecule has 33 heavy (non-hydrogen) atoms. The summed E-state index contributed by atoms with van der Waals surface area (Å²) in [6, 6.07) is 5.52. The third-order valence-electron chi connectivity index (χ3n) is 6.61. The molecule has 1 N–H and O–H groups in total. The monoisotopic (exact) mass is 467 g/mol. The molecule has 2 atom stereocenters. The molecular formula is C26H36F3NO3. The Balaban J connectivity index is 1.90. The van der Waals surface area contributed by atoms with Crippen molar-refractivity contribution >= 4 is 6.29 Å². The number of aldehydes is 1. The van der Waals surface area contributed by atoms with Crippen LogP contribution in [0, 0.1) is 17.3 Å². The van der Waals surface area contributed by atoms with Gasteiger partial charge in [-0.05, 0) is 62.4 Å². The van der Waals surface area contributed by atoms with Crippen LogP contribution in [0.25, 0.3) is 0 Å². The van der Waals surface area contributed by atoms with Gasteiger partial charge < -0.3 is 19.6 Å². The molecule has 184 valence electrons. The Morgan fingerprint density at radius 3 is 2.48 bits per heavy atom. The number of nitrogens with one attached hydrogen (secondary N) is 1. The van der Waals surface area contributed by atoms with Crippen molar-refractivity contribution < 1.29 is 27.4 Å². The van der Waals surface area contributed by atoms with Crippen LogP contribution in [0.1, 0.15) is 50.7 Å². The maximum absolute atomic E-state index is 12.9. The van der Waals surface area contributed by atoms with E-state index >= 15 is 0 Å². The molecule has 0 radical (unpaired) electrons. The van der Waals surface area contributed by atoms with E-state index in [0.717, 1.165) is 50.5 Å². The zero-order valence-corrected chi connectivity index (χ0v) is 20.0. The number of hydrogen-bond acceptors (Lipinski definition) is 4. The number of carbonyl (C=O) groups excluding carboxylic acids is 1. The van der Waals surface area contributed by atoms with Crippen molar-refractivity contribution in [3.05, 3.63) is 59.1 Å². The van der Waals surface area contributed by atoms with Gasteiger partial charge in [0.25, 0.3) is 0 Å². The number of ether oxygens (including phenoxy) is 2. The van der Waals surface area contributed by atoms with E-state index in [-0.39, 0.29) is 17.3 Å². The van der Waals surface area contributed by atoms with Crippen LogP contribution < -0.4 is 5.32 Å². The summed E-state index contributed by atoms with van der Waals surface area (Å²) in [7, 11) is 3.27. The van der Waals surface area contributed by atoms with Crippen LogP contribution in [0.15, 0.2) is 47.9 Å². The lowest BCUT2D eigenvalue weighted by Crippen LogP contribution is -2.40. The third-order valence-corrected chi connectivity index (χ3v) is 6.61. The van der Waals surface area contributed by atoms with Crippen molar-refractivity contribution in [2.75, 3.05) is 27.3 Å². The Morgan fingerprint density at radius 1 is 1.15 bits per heavy atom. The second kappa shape index (κ2) is 12.3. The molecule has 4 nitrogen and oxygen atoms in total. The molecule has 0 saturated heterocycles. The molecule has 0 amide bonds. The number of carbonyl (C=O) groups is 1. The Kier molecular flexibility index (Phi) is 10.0. The number of alkyl halides is 3. The molecule has 2 rings (SSSR count). The first-order valence-electron chi connectivity index (χ1n) is 11.5. The van der Waals surface area contributed by atoms with E-state index in [1.807, 2.05) is 12.2 Å². The number of halogens is 3. The van der Waals surface area contributed by atoms with Gasteiger partial charge in [-0.2, -0.15) is 13.2 Å². The number of benzene rings is 1. The first-order chi connectivity index (χ1) is 15.7. The van der Waals surface area contributed by atoms with Gasteiger partial charge in [-0.15, -0.1) is 0 Å². The van der Waals surface area contributed by atoms with E-state index in [9.17, 15) is 18.0 Å². The molecule has 7 heteroatoms. The number of allylic oxidation sites excluding steroid dienone is 3. The molecule has 0 bridgehead atoms. The van der Waals surface area contributed by atoms with Crippen LogP contribution in [0.5, 0.6) is 0 Å². The molecule has 1 aliphatic rings. The molecule has 0 heterocycles. The lowest BCUT2D eigenvalue weighted by molar-refractivity contribution is -0.137. The average molecular weight is 468 g/mol. The lowest BCUT2D eigenvalue weighted by Gasteiger charge is -2.45. The molecule has 0 fully saturated rings. The summed E-state index contributed by atoms with van der Waals surface area (Å²) in [4.78, 5) is 11.4. The van der Waals surface area contributed by atoms with Gasteiger partial charge in [-0.1, -0.05) is 32.0 Å². The highest BCUT2D eigenvalue weighted by molar-refractivity contribution is 5.52. The van der Waals surface area contributed by atoms with Crippen LogP contribution in [0.3, 0.4) is 0 Å². The quantitative estimate of drug-likeness (QED) is 0.289. The van der Waals surface area contributed by atoms with Gasteiger partial charge in [0, 0.05) is 23.8 Å². The third kappa shape index (κ3) is 6.85. The van der Waals surface area contributed by atoms with Gasteiger partial charge in [-0.25, -0.2) is 0 Å². The van der Waals surface area contributed by atoms with Crippen LogP contribution in [0.4, 0.5) is 13.2 Å². The number of hydrogen-bond donors (Lipinski definition) is 1.